The van der Waals surface area contributed by atoms with Gasteiger partial charge in [0.1, 0.15) is 5.82 Å². The van der Waals surface area contributed by atoms with E-state index in [1.54, 1.807) is 6.07 Å². The highest BCUT2D eigenvalue weighted by Crippen LogP contribution is 2.32. The quantitative estimate of drug-likeness (QED) is 0.632. The Kier molecular flexibility index (Phi) is 7.37. The molecular formula is C22H21FN2O4S. The van der Waals surface area contributed by atoms with Gasteiger partial charge in [-0.25, -0.2) is 4.39 Å². The summed E-state index contributed by atoms with van der Waals surface area (Å²) in [5.41, 5.74) is 1.45. The van der Waals surface area contributed by atoms with Crippen LogP contribution in [0.5, 0.6) is 0 Å². The topological polar surface area (TPSA) is 86.7 Å². The van der Waals surface area contributed by atoms with Gasteiger partial charge >= 0.3 is 0 Å². The molecule has 2 aromatic rings. The van der Waals surface area contributed by atoms with Gasteiger partial charge in [-0.3, -0.25) is 19.3 Å². The molecular weight excluding hydrogens is 407 g/mol. The van der Waals surface area contributed by atoms with Gasteiger partial charge in [0.05, 0.1) is 17.6 Å². The molecule has 8 heteroatoms. The van der Waals surface area contributed by atoms with E-state index in [4.69, 9.17) is 0 Å². The Morgan fingerprint density at radius 2 is 1.93 bits per heavy atom. The summed E-state index contributed by atoms with van der Waals surface area (Å²) < 4.78 is 13.3. The molecule has 6 nitrogen and oxygen atoms in total. The van der Waals surface area contributed by atoms with E-state index in [-0.39, 0.29) is 30.4 Å². The number of benzene rings is 2. The highest BCUT2D eigenvalue weighted by Gasteiger charge is 2.35. The van der Waals surface area contributed by atoms with Crippen molar-refractivity contribution in [3.63, 3.8) is 0 Å². The molecule has 3 rings (SSSR count). The maximum atomic E-state index is 13.3. The zero-order chi connectivity index (χ0) is 21.5. The van der Waals surface area contributed by atoms with E-state index in [1.165, 1.54) is 24.3 Å². The van der Waals surface area contributed by atoms with Crippen LogP contribution in [0.15, 0.2) is 59.5 Å². The number of nitrogens with zero attached hydrogens (tertiary/aromatic N) is 1. The third-order valence-corrected chi connectivity index (χ3v) is 5.40. The fourth-order valence-electron chi connectivity index (χ4n) is 3.01. The van der Waals surface area contributed by atoms with E-state index in [0.29, 0.717) is 12.0 Å². The summed E-state index contributed by atoms with van der Waals surface area (Å²) in [5, 5.41) is 11.8. The van der Waals surface area contributed by atoms with Crippen LogP contribution in [-0.4, -0.2) is 46.3 Å². The van der Waals surface area contributed by atoms with Crippen molar-refractivity contribution in [1.29, 1.82) is 0 Å². The van der Waals surface area contributed by atoms with Gasteiger partial charge in [-0.15, -0.1) is 0 Å². The number of carbonyl (C=O) groups is 3. The van der Waals surface area contributed by atoms with E-state index < -0.39 is 23.0 Å². The summed E-state index contributed by atoms with van der Waals surface area (Å²) in [6.07, 6.45) is 1.85. The van der Waals surface area contributed by atoms with Gasteiger partial charge in [-0.2, -0.15) is 0 Å². The molecule has 1 heterocycles. The molecule has 1 saturated heterocycles. The van der Waals surface area contributed by atoms with Crippen LogP contribution in [0.1, 0.15) is 17.5 Å². The van der Waals surface area contributed by atoms with Gasteiger partial charge in [-0.05, 0) is 47.5 Å². The van der Waals surface area contributed by atoms with E-state index >= 15 is 0 Å². The first-order chi connectivity index (χ1) is 14.5. The van der Waals surface area contributed by atoms with E-state index in [1.807, 2.05) is 30.3 Å². The predicted molar refractivity (Wildman–Crippen MR) is 113 cm³/mol. The van der Waals surface area contributed by atoms with Gasteiger partial charge in [0, 0.05) is 13.0 Å². The lowest BCUT2D eigenvalue weighted by Crippen LogP contribution is -2.41. The number of imide groups is 1. The maximum absolute atomic E-state index is 13.3. The van der Waals surface area contributed by atoms with Crippen LogP contribution < -0.4 is 5.32 Å². The molecule has 156 valence electrons. The van der Waals surface area contributed by atoms with Crippen molar-refractivity contribution in [1.82, 2.24) is 10.2 Å². The van der Waals surface area contributed by atoms with Gasteiger partial charge in [-0.1, -0.05) is 42.5 Å². The van der Waals surface area contributed by atoms with E-state index in [9.17, 15) is 23.9 Å². The maximum Gasteiger partial charge on any atom is 0.293 e. The monoisotopic (exact) mass is 428 g/mol. The zero-order valence-electron chi connectivity index (χ0n) is 16.1. The summed E-state index contributed by atoms with van der Waals surface area (Å²) in [5.74, 6) is -1.31. The molecule has 2 aromatic carbocycles. The molecule has 0 aromatic heterocycles. The van der Waals surface area contributed by atoms with E-state index in [2.05, 4.69) is 5.32 Å². The summed E-state index contributed by atoms with van der Waals surface area (Å²) in [7, 11) is 0. The summed E-state index contributed by atoms with van der Waals surface area (Å²) in [6, 6.07) is 14.7. The van der Waals surface area contributed by atoms with Crippen molar-refractivity contribution in [3.8, 4) is 0 Å². The lowest BCUT2D eigenvalue weighted by atomic mass is 10.1. The Balaban J connectivity index is 1.55. The molecule has 2 N–H and O–H groups in total. The fraction of sp³-hybridized carbons (Fsp3) is 0.227. The normalized spacial score (nSPS) is 16.2. The van der Waals surface area contributed by atoms with Crippen LogP contribution in [0.2, 0.25) is 0 Å². The third kappa shape index (κ3) is 5.77. The van der Waals surface area contributed by atoms with Crippen LogP contribution in [0, 0.1) is 5.82 Å². The van der Waals surface area contributed by atoms with Crippen LogP contribution in [0.3, 0.4) is 0 Å². The van der Waals surface area contributed by atoms with Gasteiger partial charge in [0.15, 0.2) is 0 Å². The number of aliphatic hydroxyl groups is 1. The first-order valence-corrected chi connectivity index (χ1v) is 10.2. The number of halogens is 1. The number of rotatable bonds is 8. The first kappa shape index (κ1) is 21.7. The minimum Gasteiger partial charge on any atom is -0.394 e. The molecule has 1 aliphatic heterocycles. The smallest absolute Gasteiger partial charge is 0.293 e. The average molecular weight is 428 g/mol. The van der Waals surface area contributed by atoms with Crippen molar-refractivity contribution in [2.75, 3.05) is 13.2 Å². The molecule has 3 amide bonds. The third-order valence-electron chi connectivity index (χ3n) is 4.49. The van der Waals surface area contributed by atoms with Crippen LogP contribution in [-0.2, 0) is 16.0 Å². The molecule has 0 bridgehead atoms. The van der Waals surface area contributed by atoms with Crippen molar-refractivity contribution >= 4 is 34.9 Å². The number of hydrogen-bond donors (Lipinski definition) is 2. The summed E-state index contributed by atoms with van der Waals surface area (Å²) in [4.78, 5) is 38.1. The van der Waals surface area contributed by atoms with Crippen molar-refractivity contribution in [3.05, 3.63) is 76.4 Å². The second-order valence-corrected chi connectivity index (χ2v) is 7.77. The summed E-state index contributed by atoms with van der Waals surface area (Å²) in [6.45, 7) is -0.293. The minimum absolute atomic E-state index is 0.0690. The number of thioether (sulfide) groups is 1. The molecule has 1 fully saturated rings. The minimum atomic E-state index is -0.509. The van der Waals surface area contributed by atoms with Crippen molar-refractivity contribution in [2.24, 2.45) is 0 Å². The van der Waals surface area contributed by atoms with Crippen LogP contribution in [0.4, 0.5) is 9.18 Å². The molecule has 0 radical (unpaired) electrons. The Morgan fingerprint density at radius 1 is 1.17 bits per heavy atom. The zero-order valence-corrected chi connectivity index (χ0v) is 16.9. The number of hydrogen-bond acceptors (Lipinski definition) is 5. The molecule has 0 unspecified atom stereocenters. The number of carbonyl (C=O) groups excluding carboxylic acids is 3. The Hall–Kier alpha value is -2.97. The lowest BCUT2D eigenvalue weighted by Gasteiger charge is -2.18. The number of amides is 3. The predicted octanol–water partition coefficient (Wildman–Crippen LogP) is 2.97. The SMILES string of the molecule is O=C(CCN1C(=O)S/C(=C\c2cccc(F)c2)C1=O)N[C@H](CO)Cc1ccccc1. The molecule has 0 saturated carbocycles. The second kappa shape index (κ2) is 10.2. The molecule has 0 spiro atoms. The average Bonchev–Trinajstić information content (AvgIpc) is 2.99. The molecule has 1 aliphatic rings. The number of aliphatic hydroxyl groups excluding tert-OH is 1. The van der Waals surface area contributed by atoms with Gasteiger partial charge in [0.2, 0.25) is 5.91 Å². The first-order valence-electron chi connectivity index (χ1n) is 9.41. The lowest BCUT2D eigenvalue weighted by molar-refractivity contribution is -0.124. The Bertz CT molecular complexity index is 965. The highest BCUT2D eigenvalue weighted by atomic mass is 32.2. The molecule has 30 heavy (non-hydrogen) atoms. The number of nitrogens with one attached hydrogen (secondary N) is 1. The second-order valence-electron chi connectivity index (χ2n) is 6.78. The van der Waals surface area contributed by atoms with Crippen LogP contribution >= 0.6 is 11.8 Å². The van der Waals surface area contributed by atoms with Crippen LogP contribution in [0.25, 0.3) is 6.08 Å². The molecule has 1 atom stereocenters. The van der Waals surface area contributed by atoms with Crippen molar-refractivity contribution < 1.29 is 23.9 Å². The Labute approximate surface area is 177 Å². The van der Waals surface area contributed by atoms with E-state index in [0.717, 1.165) is 22.2 Å². The highest BCUT2D eigenvalue weighted by molar-refractivity contribution is 8.18. The van der Waals surface area contributed by atoms with Crippen molar-refractivity contribution in [2.45, 2.75) is 18.9 Å². The largest absolute Gasteiger partial charge is 0.394 e. The molecule has 0 aliphatic carbocycles. The van der Waals surface area contributed by atoms with Gasteiger partial charge in [0.25, 0.3) is 11.1 Å². The Morgan fingerprint density at radius 3 is 2.63 bits per heavy atom. The standard InChI is InChI=1S/C22H21FN2O4S/c23-17-8-4-7-16(11-17)13-19-21(28)25(22(29)30-19)10-9-20(27)24-18(14-26)12-15-5-2-1-3-6-15/h1-8,11,13,18,26H,9-10,12,14H2,(H,24,27)/b19-13-/t18-/m0/s1. The van der Waals surface area contributed by atoms with Gasteiger partial charge < -0.3 is 10.4 Å². The summed E-state index contributed by atoms with van der Waals surface area (Å²) >= 11 is 0.759. The fourth-order valence-corrected chi connectivity index (χ4v) is 3.88.